The van der Waals surface area contributed by atoms with Crippen LogP contribution in [0.4, 0.5) is 14.5 Å². The third kappa shape index (κ3) is 4.76. The summed E-state index contributed by atoms with van der Waals surface area (Å²) in [6.07, 6.45) is 2.30. The lowest BCUT2D eigenvalue weighted by molar-refractivity contribution is -0.385. The SMILES string of the molecule is COc1cc(/C=C/C(=O)c2cccc(Cl)c2)c([N+](=O)[O-])cc1OC(F)F. The van der Waals surface area contributed by atoms with E-state index < -0.39 is 28.8 Å². The molecule has 6 nitrogen and oxygen atoms in total. The summed E-state index contributed by atoms with van der Waals surface area (Å²) in [5.41, 5.74) is -0.235. The number of carbonyl (C=O) groups excluding carboxylic acids is 1. The molecule has 0 amide bonds. The van der Waals surface area contributed by atoms with Gasteiger partial charge in [-0.15, -0.1) is 0 Å². The van der Waals surface area contributed by atoms with Gasteiger partial charge in [0.15, 0.2) is 17.3 Å². The van der Waals surface area contributed by atoms with Crippen LogP contribution >= 0.6 is 11.6 Å². The molecule has 0 aromatic heterocycles. The van der Waals surface area contributed by atoms with Crippen molar-refractivity contribution in [2.75, 3.05) is 7.11 Å². The Bertz CT molecular complexity index is 870. The predicted molar refractivity (Wildman–Crippen MR) is 91.1 cm³/mol. The number of alkyl halides is 2. The molecule has 0 atom stereocenters. The number of rotatable bonds is 7. The maximum Gasteiger partial charge on any atom is 0.387 e. The fourth-order valence-corrected chi connectivity index (χ4v) is 2.30. The molecule has 2 rings (SSSR count). The summed E-state index contributed by atoms with van der Waals surface area (Å²) < 4.78 is 34.0. The smallest absolute Gasteiger partial charge is 0.387 e. The van der Waals surface area contributed by atoms with E-state index in [2.05, 4.69) is 4.74 Å². The van der Waals surface area contributed by atoms with Crippen molar-refractivity contribution in [1.29, 1.82) is 0 Å². The van der Waals surface area contributed by atoms with Gasteiger partial charge in [-0.25, -0.2) is 0 Å². The maximum absolute atomic E-state index is 12.4. The third-order valence-electron chi connectivity index (χ3n) is 3.25. The molecule has 9 heteroatoms. The van der Waals surface area contributed by atoms with Crippen molar-refractivity contribution < 1.29 is 28.0 Å². The first-order valence-corrected chi connectivity index (χ1v) is 7.49. The Morgan fingerprint density at radius 1 is 1.27 bits per heavy atom. The number of nitro groups is 1. The monoisotopic (exact) mass is 383 g/mol. The summed E-state index contributed by atoms with van der Waals surface area (Å²) in [7, 11) is 1.20. The molecule has 0 N–H and O–H groups in total. The lowest BCUT2D eigenvalue weighted by Crippen LogP contribution is -2.05. The summed E-state index contributed by atoms with van der Waals surface area (Å²) in [5, 5.41) is 11.6. The maximum atomic E-state index is 12.4. The number of hydrogen-bond acceptors (Lipinski definition) is 5. The highest BCUT2D eigenvalue weighted by Gasteiger charge is 2.20. The van der Waals surface area contributed by atoms with E-state index >= 15 is 0 Å². The minimum absolute atomic E-state index is 0.0103. The molecular weight excluding hydrogens is 372 g/mol. The van der Waals surface area contributed by atoms with Crippen molar-refractivity contribution >= 4 is 29.1 Å². The predicted octanol–water partition coefficient (Wildman–Crippen LogP) is 4.75. The van der Waals surface area contributed by atoms with Gasteiger partial charge in [-0.3, -0.25) is 14.9 Å². The van der Waals surface area contributed by atoms with E-state index in [0.717, 1.165) is 18.2 Å². The first-order chi connectivity index (χ1) is 12.3. The number of methoxy groups -OCH3 is 1. The van der Waals surface area contributed by atoms with Gasteiger partial charge >= 0.3 is 6.61 Å². The van der Waals surface area contributed by atoms with Crippen LogP contribution in [-0.2, 0) is 0 Å². The van der Waals surface area contributed by atoms with Crippen molar-refractivity contribution in [3.63, 3.8) is 0 Å². The van der Waals surface area contributed by atoms with Gasteiger partial charge in [0, 0.05) is 10.6 Å². The van der Waals surface area contributed by atoms with Crippen LogP contribution in [-0.4, -0.2) is 24.4 Å². The van der Waals surface area contributed by atoms with Crippen molar-refractivity contribution in [2.45, 2.75) is 6.61 Å². The van der Waals surface area contributed by atoms with E-state index in [9.17, 15) is 23.7 Å². The summed E-state index contributed by atoms with van der Waals surface area (Å²) in [5.74, 6) is -1.05. The standard InChI is InChI=1S/C17H12ClF2NO5/c1-25-15-8-10(13(21(23)24)9-16(15)26-17(19)20)5-6-14(22)11-3-2-4-12(18)7-11/h2-9,17H,1H3/b6-5+. The molecule has 0 aliphatic heterocycles. The Hall–Kier alpha value is -3.00. The molecule has 0 heterocycles. The van der Waals surface area contributed by atoms with E-state index in [1.54, 1.807) is 12.1 Å². The minimum Gasteiger partial charge on any atom is -0.493 e. The number of nitro benzene ring substituents is 1. The third-order valence-corrected chi connectivity index (χ3v) is 3.48. The zero-order valence-corrected chi connectivity index (χ0v) is 14.1. The first kappa shape index (κ1) is 19.3. The normalized spacial score (nSPS) is 11.0. The number of hydrogen-bond donors (Lipinski definition) is 0. The molecule has 0 saturated heterocycles. The number of allylic oxidation sites excluding steroid dienone is 1. The van der Waals surface area contributed by atoms with Crippen molar-refractivity contribution in [1.82, 2.24) is 0 Å². The van der Waals surface area contributed by atoms with Gasteiger partial charge in [0.25, 0.3) is 5.69 Å². The molecule has 2 aromatic rings. The summed E-state index contributed by atoms with van der Waals surface area (Å²) in [6, 6.07) is 8.12. The largest absolute Gasteiger partial charge is 0.493 e. The number of nitrogens with zero attached hydrogens (tertiary/aromatic N) is 1. The van der Waals surface area contributed by atoms with Gasteiger partial charge in [-0.05, 0) is 30.4 Å². The molecule has 0 aliphatic rings. The quantitative estimate of drug-likeness (QED) is 0.298. The molecular formula is C17H12ClF2NO5. The van der Waals surface area contributed by atoms with Gasteiger partial charge < -0.3 is 9.47 Å². The van der Waals surface area contributed by atoms with Crippen LogP contribution in [0.2, 0.25) is 5.02 Å². The van der Waals surface area contributed by atoms with E-state index in [1.165, 1.54) is 25.3 Å². The molecule has 0 saturated carbocycles. The molecule has 136 valence electrons. The lowest BCUT2D eigenvalue weighted by atomic mass is 10.1. The average Bonchev–Trinajstić information content (AvgIpc) is 2.59. The fraction of sp³-hybridized carbons (Fsp3) is 0.118. The molecule has 26 heavy (non-hydrogen) atoms. The Morgan fingerprint density at radius 2 is 2.00 bits per heavy atom. The second-order valence-electron chi connectivity index (χ2n) is 4.91. The van der Waals surface area contributed by atoms with Gasteiger partial charge in [-0.1, -0.05) is 23.7 Å². The molecule has 0 fully saturated rings. The number of carbonyl (C=O) groups is 1. The van der Waals surface area contributed by atoms with E-state index in [1.807, 2.05) is 0 Å². The average molecular weight is 384 g/mol. The van der Waals surface area contributed by atoms with Gasteiger partial charge in [0.2, 0.25) is 0 Å². The van der Waals surface area contributed by atoms with Crippen LogP contribution in [0.3, 0.4) is 0 Å². The molecule has 0 unspecified atom stereocenters. The van der Waals surface area contributed by atoms with Crippen LogP contribution in [0.5, 0.6) is 11.5 Å². The van der Waals surface area contributed by atoms with Crippen LogP contribution in [0.25, 0.3) is 6.08 Å². The summed E-state index contributed by atoms with van der Waals surface area (Å²) >= 11 is 5.81. The Morgan fingerprint density at radius 3 is 2.58 bits per heavy atom. The highest BCUT2D eigenvalue weighted by molar-refractivity contribution is 6.31. The molecule has 0 bridgehead atoms. The number of ketones is 1. The number of halogens is 3. The topological polar surface area (TPSA) is 78.7 Å². The fourth-order valence-electron chi connectivity index (χ4n) is 2.11. The van der Waals surface area contributed by atoms with Crippen LogP contribution in [0.1, 0.15) is 15.9 Å². The Labute approximate surface area is 151 Å². The van der Waals surface area contributed by atoms with Crippen molar-refractivity contribution in [3.8, 4) is 11.5 Å². The van der Waals surface area contributed by atoms with Crippen molar-refractivity contribution in [3.05, 3.63) is 68.7 Å². The van der Waals surface area contributed by atoms with Crippen LogP contribution in [0, 0.1) is 10.1 Å². The van der Waals surface area contributed by atoms with Gasteiger partial charge in [0.1, 0.15) is 0 Å². The van der Waals surface area contributed by atoms with Gasteiger partial charge in [-0.2, -0.15) is 8.78 Å². The highest BCUT2D eigenvalue weighted by Crippen LogP contribution is 2.36. The van der Waals surface area contributed by atoms with Crippen molar-refractivity contribution in [2.24, 2.45) is 0 Å². The molecule has 0 spiro atoms. The zero-order chi connectivity index (χ0) is 19.3. The van der Waals surface area contributed by atoms with Crippen LogP contribution in [0.15, 0.2) is 42.5 Å². The molecule has 2 aromatic carbocycles. The minimum atomic E-state index is -3.17. The van der Waals surface area contributed by atoms with E-state index in [0.29, 0.717) is 10.6 Å². The lowest BCUT2D eigenvalue weighted by Gasteiger charge is -2.10. The highest BCUT2D eigenvalue weighted by atomic mass is 35.5. The zero-order valence-electron chi connectivity index (χ0n) is 13.3. The second-order valence-corrected chi connectivity index (χ2v) is 5.34. The van der Waals surface area contributed by atoms with Crippen LogP contribution < -0.4 is 9.47 Å². The second kappa shape index (κ2) is 8.39. The van der Waals surface area contributed by atoms with Gasteiger partial charge in [0.05, 0.1) is 23.7 Å². The van der Waals surface area contributed by atoms with E-state index in [-0.39, 0.29) is 11.3 Å². The van der Waals surface area contributed by atoms with E-state index in [4.69, 9.17) is 16.3 Å². The number of benzene rings is 2. The molecule has 0 aliphatic carbocycles. The Kier molecular flexibility index (Phi) is 6.24. The summed E-state index contributed by atoms with van der Waals surface area (Å²) in [4.78, 5) is 22.6. The summed E-state index contributed by atoms with van der Waals surface area (Å²) in [6.45, 7) is -3.17. The molecule has 0 radical (unpaired) electrons. The first-order valence-electron chi connectivity index (χ1n) is 7.11. The Balaban J connectivity index is 2.41. The number of ether oxygens (including phenoxy) is 2.